The molecule has 0 saturated heterocycles. The zero-order valence-corrected chi connectivity index (χ0v) is 9.03. The summed E-state index contributed by atoms with van der Waals surface area (Å²) in [6.45, 7) is 0. The van der Waals surface area contributed by atoms with Crippen LogP contribution in [0, 0.1) is 5.95 Å². The number of halogens is 2. The minimum Gasteiger partial charge on any atom is -0.376 e. The van der Waals surface area contributed by atoms with Crippen LogP contribution in [0.1, 0.15) is 10.5 Å². The summed E-state index contributed by atoms with van der Waals surface area (Å²) < 4.78 is 13.2. The topological polar surface area (TPSA) is 68.0 Å². The Labute approximate surface area is 95.6 Å². The zero-order valence-electron chi connectivity index (χ0n) is 7.46. The Hall–Kier alpha value is -1.27. The van der Waals surface area contributed by atoms with Gasteiger partial charge in [0.25, 0.3) is 0 Å². The van der Waals surface area contributed by atoms with E-state index in [1.807, 2.05) is 0 Å². The molecule has 0 aliphatic rings. The molecule has 1 aromatic heterocycles. The number of rotatable bonds is 3. The standard InChI is InChI=1S/C8H7ClFN3OS/c9-3-6(14)4-1-2-5(7(10)12-4)13-8(11)15/h1-2H,3H2,(H3,11,13,15). The second-order valence-corrected chi connectivity index (χ2v) is 3.29. The third-order valence-corrected chi connectivity index (χ3v) is 1.86. The van der Waals surface area contributed by atoms with E-state index in [0.717, 1.165) is 0 Å². The van der Waals surface area contributed by atoms with Crippen LogP contribution in [0.5, 0.6) is 0 Å². The first-order valence-corrected chi connectivity index (χ1v) is 4.81. The Morgan fingerprint density at radius 3 is 2.80 bits per heavy atom. The molecule has 0 spiro atoms. The number of Topliss-reactive ketones (excluding diaryl/α,β-unsaturated/α-hetero) is 1. The molecular weight excluding hydrogens is 241 g/mol. The first kappa shape index (κ1) is 11.8. The van der Waals surface area contributed by atoms with Crippen LogP contribution in [0.3, 0.4) is 0 Å². The van der Waals surface area contributed by atoms with Crippen LogP contribution in [0.2, 0.25) is 0 Å². The predicted molar refractivity (Wildman–Crippen MR) is 59.7 cm³/mol. The van der Waals surface area contributed by atoms with Crippen molar-refractivity contribution in [1.29, 1.82) is 0 Å². The maximum atomic E-state index is 13.2. The number of hydrogen-bond acceptors (Lipinski definition) is 3. The fourth-order valence-corrected chi connectivity index (χ4v) is 1.13. The number of nitrogens with zero attached hydrogens (tertiary/aromatic N) is 1. The third-order valence-electron chi connectivity index (χ3n) is 1.51. The molecule has 80 valence electrons. The smallest absolute Gasteiger partial charge is 0.237 e. The lowest BCUT2D eigenvalue weighted by Crippen LogP contribution is -2.20. The number of nitrogens with one attached hydrogen (secondary N) is 1. The van der Waals surface area contributed by atoms with Crippen LogP contribution in [0.15, 0.2) is 12.1 Å². The minimum atomic E-state index is -0.848. The largest absolute Gasteiger partial charge is 0.376 e. The van der Waals surface area contributed by atoms with E-state index in [2.05, 4.69) is 22.5 Å². The molecule has 0 radical (unpaired) electrons. The average Bonchev–Trinajstić information content (AvgIpc) is 2.19. The first-order valence-electron chi connectivity index (χ1n) is 3.86. The summed E-state index contributed by atoms with van der Waals surface area (Å²) in [4.78, 5) is 14.5. The molecule has 1 rings (SSSR count). The number of carbonyl (C=O) groups excluding carboxylic acids is 1. The lowest BCUT2D eigenvalue weighted by Gasteiger charge is -2.05. The number of thiocarbonyl (C=S) groups is 1. The number of anilines is 1. The number of alkyl halides is 1. The van der Waals surface area contributed by atoms with E-state index in [1.54, 1.807) is 0 Å². The highest BCUT2D eigenvalue weighted by molar-refractivity contribution is 7.80. The summed E-state index contributed by atoms with van der Waals surface area (Å²) in [6.07, 6.45) is 0. The highest BCUT2D eigenvalue weighted by Crippen LogP contribution is 2.12. The van der Waals surface area contributed by atoms with E-state index in [1.165, 1.54) is 12.1 Å². The molecule has 1 heterocycles. The van der Waals surface area contributed by atoms with E-state index >= 15 is 0 Å². The van der Waals surface area contributed by atoms with Crippen molar-refractivity contribution in [3.8, 4) is 0 Å². The summed E-state index contributed by atoms with van der Waals surface area (Å²) in [7, 11) is 0. The summed E-state index contributed by atoms with van der Waals surface area (Å²) >= 11 is 9.82. The van der Waals surface area contributed by atoms with E-state index in [9.17, 15) is 9.18 Å². The van der Waals surface area contributed by atoms with Crippen molar-refractivity contribution in [3.63, 3.8) is 0 Å². The number of nitrogens with two attached hydrogens (primary N) is 1. The van der Waals surface area contributed by atoms with Crippen molar-refractivity contribution in [2.45, 2.75) is 0 Å². The SMILES string of the molecule is NC(=S)Nc1ccc(C(=O)CCl)nc1F. The minimum absolute atomic E-state index is 0.0219. The molecule has 0 aliphatic carbocycles. The van der Waals surface area contributed by atoms with Gasteiger partial charge in [-0.2, -0.15) is 4.39 Å². The Balaban J connectivity index is 2.97. The Kier molecular flexibility index (Phi) is 3.93. The fraction of sp³-hybridized carbons (Fsp3) is 0.125. The van der Waals surface area contributed by atoms with Gasteiger partial charge in [0.05, 0.1) is 11.6 Å². The zero-order chi connectivity index (χ0) is 11.4. The highest BCUT2D eigenvalue weighted by Gasteiger charge is 2.10. The highest BCUT2D eigenvalue weighted by atomic mass is 35.5. The molecular formula is C8H7ClFN3OS. The molecule has 3 N–H and O–H groups in total. The molecule has 0 aromatic carbocycles. The first-order chi connectivity index (χ1) is 7.04. The van der Waals surface area contributed by atoms with Gasteiger partial charge in [-0.25, -0.2) is 4.98 Å². The molecule has 7 heteroatoms. The maximum absolute atomic E-state index is 13.2. The quantitative estimate of drug-likeness (QED) is 0.365. The van der Waals surface area contributed by atoms with E-state index in [-0.39, 0.29) is 22.4 Å². The molecule has 0 atom stereocenters. The summed E-state index contributed by atoms with van der Waals surface area (Å²) in [6, 6.07) is 2.66. The van der Waals surface area contributed by atoms with E-state index in [4.69, 9.17) is 17.3 Å². The Morgan fingerprint density at radius 1 is 1.67 bits per heavy atom. The number of pyridine rings is 1. The normalized spacial score (nSPS) is 9.73. The van der Waals surface area contributed by atoms with E-state index in [0.29, 0.717) is 0 Å². The van der Waals surface area contributed by atoms with E-state index < -0.39 is 11.7 Å². The molecule has 0 aliphatic heterocycles. The van der Waals surface area contributed by atoms with Crippen molar-refractivity contribution in [1.82, 2.24) is 4.98 Å². The fourth-order valence-electron chi connectivity index (χ4n) is 0.884. The Bertz CT molecular complexity index is 413. The number of carbonyl (C=O) groups is 1. The predicted octanol–water partition coefficient (Wildman–Crippen LogP) is 1.30. The number of ketones is 1. The molecule has 1 aromatic rings. The molecule has 0 bridgehead atoms. The Morgan fingerprint density at radius 2 is 2.33 bits per heavy atom. The molecule has 0 saturated carbocycles. The van der Waals surface area contributed by atoms with Crippen LogP contribution in [0.4, 0.5) is 10.1 Å². The van der Waals surface area contributed by atoms with Gasteiger partial charge in [-0.15, -0.1) is 11.6 Å². The van der Waals surface area contributed by atoms with Gasteiger partial charge in [0, 0.05) is 0 Å². The van der Waals surface area contributed by atoms with Crippen LogP contribution in [0.25, 0.3) is 0 Å². The lowest BCUT2D eigenvalue weighted by molar-refractivity contribution is 0.101. The number of hydrogen-bond donors (Lipinski definition) is 2. The van der Waals surface area contributed by atoms with Gasteiger partial charge in [-0.05, 0) is 24.4 Å². The van der Waals surface area contributed by atoms with Crippen molar-refractivity contribution in [3.05, 3.63) is 23.8 Å². The van der Waals surface area contributed by atoms with Crippen molar-refractivity contribution in [2.75, 3.05) is 11.2 Å². The second kappa shape index (κ2) is 4.99. The van der Waals surface area contributed by atoms with Gasteiger partial charge in [-0.1, -0.05) is 0 Å². The molecule has 15 heavy (non-hydrogen) atoms. The summed E-state index contributed by atoms with van der Waals surface area (Å²) in [5.41, 5.74) is 5.15. The molecule has 0 fully saturated rings. The maximum Gasteiger partial charge on any atom is 0.237 e. The van der Waals surface area contributed by atoms with Gasteiger partial charge in [0.15, 0.2) is 10.9 Å². The van der Waals surface area contributed by atoms with Gasteiger partial charge in [0.2, 0.25) is 5.95 Å². The molecule has 0 amide bonds. The average molecular weight is 248 g/mol. The summed E-state index contributed by atoms with van der Waals surface area (Å²) in [5.74, 6) is -1.54. The summed E-state index contributed by atoms with van der Waals surface area (Å²) in [5, 5.41) is 2.31. The lowest BCUT2D eigenvalue weighted by atomic mass is 10.2. The molecule has 0 unspecified atom stereocenters. The van der Waals surface area contributed by atoms with Crippen molar-refractivity contribution in [2.24, 2.45) is 5.73 Å². The van der Waals surface area contributed by atoms with Crippen LogP contribution >= 0.6 is 23.8 Å². The number of aromatic nitrogens is 1. The van der Waals surface area contributed by atoms with Gasteiger partial charge < -0.3 is 11.1 Å². The van der Waals surface area contributed by atoms with Gasteiger partial charge in [-0.3, -0.25) is 4.79 Å². The van der Waals surface area contributed by atoms with Gasteiger partial charge >= 0.3 is 0 Å². The third kappa shape index (κ3) is 3.10. The van der Waals surface area contributed by atoms with Crippen LogP contribution in [-0.2, 0) is 0 Å². The second-order valence-electron chi connectivity index (χ2n) is 2.58. The van der Waals surface area contributed by atoms with Crippen LogP contribution < -0.4 is 11.1 Å². The van der Waals surface area contributed by atoms with Crippen molar-refractivity contribution >= 4 is 40.4 Å². The van der Waals surface area contributed by atoms with Crippen molar-refractivity contribution < 1.29 is 9.18 Å². The van der Waals surface area contributed by atoms with Crippen LogP contribution in [-0.4, -0.2) is 21.8 Å². The van der Waals surface area contributed by atoms with Gasteiger partial charge in [0.1, 0.15) is 5.69 Å². The molecule has 4 nitrogen and oxygen atoms in total. The monoisotopic (exact) mass is 247 g/mol.